The number of carbonyl (C=O) groups is 3. The zero-order chi connectivity index (χ0) is 24.0. The molecule has 3 rings (SSSR count). The van der Waals surface area contributed by atoms with Crippen LogP contribution in [0.4, 0.5) is 14.9 Å². The van der Waals surface area contributed by atoms with Crippen molar-refractivity contribution in [1.29, 1.82) is 0 Å². The van der Waals surface area contributed by atoms with Crippen LogP contribution in [-0.4, -0.2) is 51.5 Å². The number of likely N-dealkylation sites (tertiary alicyclic amines) is 1. The molecule has 0 unspecified atom stereocenters. The Morgan fingerprint density at radius 2 is 1.94 bits per heavy atom. The van der Waals surface area contributed by atoms with Gasteiger partial charge < -0.3 is 15.2 Å². The Morgan fingerprint density at radius 3 is 2.61 bits per heavy atom. The minimum Gasteiger partial charge on any atom is -0.480 e. The van der Waals surface area contributed by atoms with Gasteiger partial charge in [0.2, 0.25) is 11.7 Å². The Morgan fingerprint density at radius 1 is 1.21 bits per heavy atom. The minimum absolute atomic E-state index is 0.0333. The fourth-order valence-electron chi connectivity index (χ4n) is 3.59. The molecule has 0 spiro atoms. The van der Waals surface area contributed by atoms with Crippen LogP contribution in [-0.2, 0) is 27.4 Å². The van der Waals surface area contributed by atoms with E-state index in [1.165, 1.54) is 11.0 Å². The maximum Gasteiger partial charge on any atom is 0.410 e. The first-order valence-electron chi connectivity index (χ1n) is 10.2. The number of nitrogens with one attached hydrogen (secondary N) is 1. The molecule has 0 aromatic heterocycles. The van der Waals surface area contributed by atoms with Crippen LogP contribution < -0.4 is 5.32 Å². The Labute approximate surface area is 188 Å². The number of carboxylic acids is 1. The lowest BCUT2D eigenvalue weighted by atomic mass is 10.0. The van der Waals surface area contributed by atoms with Crippen molar-refractivity contribution < 1.29 is 33.5 Å². The Balaban J connectivity index is 1.64. The van der Waals surface area contributed by atoms with E-state index in [1.807, 2.05) is 6.07 Å². The molecule has 1 aliphatic heterocycles. The number of rotatable bonds is 8. The van der Waals surface area contributed by atoms with Crippen LogP contribution in [0.1, 0.15) is 24.0 Å². The van der Waals surface area contributed by atoms with Crippen molar-refractivity contribution in [2.45, 2.75) is 38.0 Å². The van der Waals surface area contributed by atoms with Crippen LogP contribution in [0, 0.1) is 15.9 Å². The van der Waals surface area contributed by atoms with E-state index in [2.05, 4.69) is 5.32 Å². The number of amides is 2. The highest BCUT2D eigenvalue weighted by atomic mass is 19.1. The summed E-state index contributed by atoms with van der Waals surface area (Å²) in [7, 11) is 0. The zero-order valence-corrected chi connectivity index (χ0v) is 17.5. The highest BCUT2D eigenvalue weighted by molar-refractivity contribution is 5.89. The molecule has 1 heterocycles. The van der Waals surface area contributed by atoms with E-state index >= 15 is 0 Å². The topological polar surface area (TPSA) is 139 Å². The van der Waals surface area contributed by atoms with E-state index in [1.54, 1.807) is 24.3 Å². The molecule has 1 fully saturated rings. The standard InChI is InChI=1S/C22H22FN3O7/c23-16-9-8-15(12-19(16)26(31)32)11-17(21(28)29)24-20(27)18-7-4-10-25(18)22(30)33-13-14-5-2-1-3-6-14/h1-3,5-6,8-9,12,17-18H,4,7,10-11,13H2,(H,24,27)(H,28,29)/t17-,18-/m1/s1. The summed E-state index contributed by atoms with van der Waals surface area (Å²) in [5, 5.41) is 22.8. The van der Waals surface area contributed by atoms with Gasteiger partial charge in [-0.3, -0.25) is 19.8 Å². The molecule has 2 atom stereocenters. The van der Waals surface area contributed by atoms with Crippen LogP contribution in [0.3, 0.4) is 0 Å². The number of nitro benzene ring substituents is 1. The fourth-order valence-corrected chi connectivity index (χ4v) is 3.59. The van der Waals surface area contributed by atoms with E-state index in [0.29, 0.717) is 12.8 Å². The minimum atomic E-state index is -1.43. The molecule has 2 amide bonds. The van der Waals surface area contributed by atoms with E-state index in [-0.39, 0.29) is 25.1 Å². The summed E-state index contributed by atoms with van der Waals surface area (Å²) in [6.07, 6.45) is -0.105. The summed E-state index contributed by atoms with van der Waals surface area (Å²) in [4.78, 5) is 48.2. The van der Waals surface area contributed by atoms with Gasteiger partial charge >= 0.3 is 17.7 Å². The molecule has 1 aliphatic rings. The monoisotopic (exact) mass is 459 g/mol. The van der Waals surface area contributed by atoms with E-state index in [4.69, 9.17) is 4.74 Å². The molecular weight excluding hydrogens is 437 g/mol. The lowest BCUT2D eigenvalue weighted by molar-refractivity contribution is -0.387. The van der Waals surface area contributed by atoms with Crippen LogP contribution >= 0.6 is 0 Å². The summed E-state index contributed by atoms with van der Waals surface area (Å²) in [6, 6.07) is 9.70. The van der Waals surface area contributed by atoms with Gasteiger partial charge in [0.05, 0.1) is 4.92 Å². The van der Waals surface area contributed by atoms with Gasteiger partial charge in [0, 0.05) is 19.0 Å². The molecule has 10 nitrogen and oxygen atoms in total. The second-order valence-corrected chi connectivity index (χ2v) is 7.54. The molecule has 0 bridgehead atoms. The van der Waals surface area contributed by atoms with Crippen molar-refractivity contribution in [3.8, 4) is 0 Å². The number of hydrogen-bond acceptors (Lipinski definition) is 6. The zero-order valence-electron chi connectivity index (χ0n) is 17.5. The highest BCUT2D eigenvalue weighted by Crippen LogP contribution is 2.21. The van der Waals surface area contributed by atoms with Gasteiger partial charge in [-0.15, -0.1) is 0 Å². The molecule has 0 aliphatic carbocycles. The molecule has 11 heteroatoms. The van der Waals surface area contributed by atoms with Crippen LogP contribution in [0.25, 0.3) is 0 Å². The second kappa shape index (κ2) is 10.5. The Kier molecular flexibility index (Phi) is 7.54. The quantitative estimate of drug-likeness (QED) is 0.457. The maximum absolute atomic E-state index is 13.5. The lowest BCUT2D eigenvalue weighted by Gasteiger charge is -2.25. The van der Waals surface area contributed by atoms with Gasteiger partial charge in [-0.25, -0.2) is 9.59 Å². The first-order valence-corrected chi connectivity index (χ1v) is 10.2. The molecule has 1 saturated heterocycles. The largest absolute Gasteiger partial charge is 0.480 e. The number of carbonyl (C=O) groups excluding carboxylic acids is 2. The van der Waals surface area contributed by atoms with Crippen LogP contribution in [0.15, 0.2) is 48.5 Å². The second-order valence-electron chi connectivity index (χ2n) is 7.54. The smallest absolute Gasteiger partial charge is 0.410 e. The number of halogens is 1. The summed E-state index contributed by atoms with van der Waals surface area (Å²) in [5.74, 6) is -3.09. The number of hydrogen-bond donors (Lipinski definition) is 2. The van der Waals surface area contributed by atoms with Crippen molar-refractivity contribution in [3.63, 3.8) is 0 Å². The Hall–Kier alpha value is -4.02. The van der Waals surface area contributed by atoms with Gasteiger partial charge in [-0.05, 0) is 30.0 Å². The normalized spacial score (nSPS) is 16.2. The fraction of sp³-hybridized carbons (Fsp3) is 0.318. The average Bonchev–Trinajstić information content (AvgIpc) is 3.29. The number of ether oxygens (including phenoxy) is 1. The maximum atomic E-state index is 13.5. The first kappa shape index (κ1) is 23.6. The molecule has 2 N–H and O–H groups in total. The summed E-state index contributed by atoms with van der Waals surface area (Å²) >= 11 is 0. The third-order valence-corrected chi connectivity index (χ3v) is 5.26. The van der Waals surface area contributed by atoms with Gasteiger partial charge in [0.15, 0.2) is 0 Å². The molecule has 2 aromatic rings. The van der Waals surface area contributed by atoms with E-state index < -0.39 is 46.5 Å². The van der Waals surface area contributed by atoms with E-state index in [0.717, 1.165) is 17.7 Å². The molecule has 2 aromatic carbocycles. The van der Waals surface area contributed by atoms with E-state index in [9.17, 15) is 34.0 Å². The molecular formula is C22H22FN3O7. The summed E-state index contributed by atoms with van der Waals surface area (Å²) in [6.45, 7) is 0.319. The summed E-state index contributed by atoms with van der Waals surface area (Å²) < 4.78 is 18.8. The average molecular weight is 459 g/mol. The third kappa shape index (κ3) is 6.03. The highest BCUT2D eigenvalue weighted by Gasteiger charge is 2.37. The first-order chi connectivity index (χ1) is 15.8. The van der Waals surface area contributed by atoms with Gasteiger partial charge in [-0.2, -0.15) is 4.39 Å². The third-order valence-electron chi connectivity index (χ3n) is 5.26. The number of carboxylic acid groups (broad SMARTS) is 1. The molecule has 0 saturated carbocycles. The Bertz CT molecular complexity index is 1050. The summed E-state index contributed by atoms with van der Waals surface area (Å²) in [5.41, 5.74) is 0.165. The van der Waals surface area contributed by atoms with Crippen molar-refractivity contribution >= 4 is 23.7 Å². The van der Waals surface area contributed by atoms with Gasteiger partial charge in [0.25, 0.3) is 0 Å². The number of benzene rings is 2. The van der Waals surface area contributed by atoms with Gasteiger partial charge in [0.1, 0.15) is 18.7 Å². The predicted octanol–water partition coefficient (Wildman–Crippen LogP) is 2.65. The molecule has 0 radical (unpaired) electrons. The number of nitrogens with zero attached hydrogens (tertiary/aromatic N) is 2. The molecule has 33 heavy (non-hydrogen) atoms. The van der Waals surface area contributed by atoms with Crippen LogP contribution in [0.5, 0.6) is 0 Å². The SMILES string of the molecule is O=C(N[C@H](Cc1ccc(F)c([N+](=O)[O-])c1)C(=O)O)[C@H]1CCCN1C(=O)OCc1ccccc1. The number of aliphatic carboxylic acids is 1. The molecule has 174 valence electrons. The van der Waals surface area contributed by atoms with Gasteiger partial charge in [-0.1, -0.05) is 36.4 Å². The van der Waals surface area contributed by atoms with Crippen molar-refractivity contribution in [1.82, 2.24) is 10.2 Å². The van der Waals surface area contributed by atoms with Crippen molar-refractivity contribution in [3.05, 3.63) is 75.6 Å². The lowest BCUT2D eigenvalue weighted by Crippen LogP contribution is -2.51. The predicted molar refractivity (Wildman–Crippen MR) is 113 cm³/mol. The number of nitro groups is 1. The van der Waals surface area contributed by atoms with Crippen molar-refractivity contribution in [2.24, 2.45) is 0 Å². The van der Waals surface area contributed by atoms with Crippen LogP contribution in [0.2, 0.25) is 0 Å². The van der Waals surface area contributed by atoms with Crippen molar-refractivity contribution in [2.75, 3.05) is 6.54 Å².